The smallest absolute Gasteiger partial charge is 0.230 e. The summed E-state index contributed by atoms with van der Waals surface area (Å²) in [4.78, 5) is 0. The van der Waals surface area contributed by atoms with Gasteiger partial charge in [-0.1, -0.05) is 18.5 Å². The molecule has 2 rings (SSSR count). The van der Waals surface area contributed by atoms with Gasteiger partial charge in [0.15, 0.2) is 0 Å². The van der Waals surface area contributed by atoms with Gasteiger partial charge in [-0.2, -0.15) is 0 Å². The van der Waals surface area contributed by atoms with E-state index in [0.717, 1.165) is 25.0 Å². The van der Waals surface area contributed by atoms with Gasteiger partial charge in [-0.3, -0.25) is 0 Å². The molecule has 0 aliphatic heterocycles. The second-order valence-electron chi connectivity index (χ2n) is 4.32. The molecule has 0 fully saturated rings. The van der Waals surface area contributed by atoms with Crippen LogP contribution in [-0.2, 0) is 6.42 Å². The van der Waals surface area contributed by atoms with Gasteiger partial charge in [-0.25, -0.2) is 4.39 Å². The molecule has 0 unspecified atom stereocenters. The molecule has 0 amide bonds. The van der Waals surface area contributed by atoms with Crippen molar-refractivity contribution >= 4 is 5.88 Å². The largest absolute Gasteiger partial charge is 0.496 e. The number of hydrogen-bond donors (Lipinski definition) is 1. The van der Waals surface area contributed by atoms with Gasteiger partial charge >= 0.3 is 0 Å². The quantitative estimate of drug-likeness (QED) is 0.898. The van der Waals surface area contributed by atoms with Crippen LogP contribution < -0.4 is 10.5 Å². The Morgan fingerprint density at radius 1 is 1.42 bits per heavy atom. The Hall–Kier alpha value is -2.04. The van der Waals surface area contributed by atoms with Crippen LogP contribution in [0, 0.1) is 5.82 Å². The summed E-state index contributed by atoms with van der Waals surface area (Å²) in [7, 11) is 1.53. The number of benzene rings is 1. The van der Waals surface area contributed by atoms with Crippen molar-refractivity contribution in [2.45, 2.75) is 26.2 Å². The van der Waals surface area contributed by atoms with E-state index in [9.17, 15) is 4.39 Å². The Balaban J connectivity index is 2.51. The average Bonchev–Trinajstić information content (AvgIpc) is 2.77. The molecule has 5 heteroatoms. The zero-order valence-corrected chi connectivity index (χ0v) is 11.1. The second kappa shape index (κ2) is 5.73. The molecule has 0 aliphatic rings. The van der Waals surface area contributed by atoms with Gasteiger partial charge in [-0.05, 0) is 31.0 Å². The molecule has 0 radical (unpaired) electrons. The van der Waals surface area contributed by atoms with E-state index in [1.807, 2.05) is 0 Å². The Morgan fingerprint density at radius 2 is 2.21 bits per heavy atom. The molecule has 0 bridgehead atoms. The van der Waals surface area contributed by atoms with E-state index < -0.39 is 0 Å². The number of hydrogen-bond acceptors (Lipinski definition) is 4. The number of aryl methyl sites for hydroxylation is 1. The molecule has 4 nitrogen and oxygen atoms in total. The summed E-state index contributed by atoms with van der Waals surface area (Å²) < 4.78 is 23.7. The van der Waals surface area contributed by atoms with E-state index >= 15 is 0 Å². The summed E-state index contributed by atoms with van der Waals surface area (Å²) >= 11 is 0. The van der Waals surface area contributed by atoms with Crippen LogP contribution in [0.3, 0.4) is 0 Å². The molecule has 2 aromatic rings. The van der Waals surface area contributed by atoms with Crippen LogP contribution in [0.5, 0.6) is 5.75 Å². The number of aromatic nitrogens is 1. The van der Waals surface area contributed by atoms with E-state index in [4.69, 9.17) is 15.0 Å². The van der Waals surface area contributed by atoms with Crippen molar-refractivity contribution in [3.8, 4) is 16.9 Å². The number of rotatable bonds is 5. The Labute approximate surface area is 111 Å². The summed E-state index contributed by atoms with van der Waals surface area (Å²) in [5.41, 5.74) is 7.76. The molecule has 1 heterocycles. The van der Waals surface area contributed by atoms with Crippen molar-refractivity contribution in [2.75, 3.05) is 12.8 Å². The fourth-order valence-electron chi connectivity index (χ4n) is 2.02. The minimum atomic E-state index is -0.349. The highest BCUT2D eigenvalue weighted by molar-refractivity contribution is 5.79. The minimum absolute atomic E-state index is 0.190. The fourth-order valence-corrected chi connectivity index (χ4v) is 2.02. The molecule has 19 heavy (non-hydrogen) atoms. The van der Waals surface area contributed by atoms with E-state index in [1.54, 1.807) is 6.07 Å². The van der Waals surface area contributed by atoms with Crippen LogP contribution in [0.1, 0.15) is 25.5 Å². The maximum atomic E-state index is 13.4. The van der Waals surface area contributed by atoms with Gasteiger partial charge in [-0.15, -0.1) is 0 Å². The Morgan fingerprint density at radius 3 is 2.89 bits per heavy atom. The Kier molecular flexibility index (Phi) is 4.04. The number of nitrogens with two attached hydrogens (primary N) is 1. The second-order valence-corrected chi connectivity index (χ2v) is 4.32. The number of methoxy groups -OCH3 is 1. The molecule has 0 aliphatic carbocycles. The predicted molar refractivity (Wildman–Crippen MR) is 71.5 cm³/mol. The zero-order valence-electron chi connectivity index (χ0n) is 11.1. The number of unbranched alkanes of at least 4 members (excludes halogenated alkanes) is 1. The lowest BCUT2D eigenvalue weighted by Crippen LogP contribution is -1.95. The van der Waals surface area contributed by atoms with Crippen molar-refractivity contribution in [2.24, 2.45) is 0 Å². The molecule has 1 aromatic carbocycles. The maximum absolute atomic E-state index is 13.4. The fraction of sp³-hybridized carbons (Fsp3) is 0.357. The van der Waals surface area contributed by atoms with Crippen molar-refractivity contribution < 1.29 is 13.7 Å². The first kappa shape index (κ1) is 13.4. The third kappa shape index (κ3) is 2.70. The lowest BCUT2D eigenvalue weighted by molar-refractivity contribution is 0.415. The standard InChI is InChI=1S/C14H17FN2O2/c1-3-4-5-11-13(14(16)19-17-11)10-8-9(15)6-7-12(10)18-2/h6-8H,3-5,16H2,1-2H3. The van der Waals surface area contributed by atoms with Gasteiger partial charge in [0, 0.05) is 5.56 Å². The number of anilines is 1. The van der Waals surface area contributed by atoms with Crippen molar-refractivity contribution in [3.05, 3.63) is 29.7 Å². The number of nitrogens with zero attached hydrogens (tertiary/aromatic N) is 1. The molecule has 0 saturated carbocycles. The SMILES string of the molecule is CCCCc1noc(N)c1-c1cc(F)ccc1OC. The summed E-state index contributed by atoms with van der Waals surface area (Å²) in [6.45, 7) is 2.09. The molecular formula is C14H17FN2O2. The highest BCUT2D eigenvalue weighted by Crippen LogP contribution is 2.37. The van der Waals surface area contributed by atoms with Crippen LogP contribution in [-0.4, -0.2) is 12.3 Å². The van der Waals surface area contributed by atoms with E-state index in [2.05, 4.69) is 12.1 Å². The van der Waals surface area contributed by atoms with Crippen LogP contribution in [0.4, 0.5) is 10.3 Å². The molecule has 0 atom stereocenters. The minimum Gasteiger partial charge on any atom is -0.496 e. The van der Waals surface area contributed by atoms with Crippen LogP contribution in [0.15, 0.2) is 22.7 Å². The predicted octanol–water partition coefficient (Wildman–Crippen LogP) is 3.41. The van der Waals surface area contributed by atoms with Gasteiger partial charge in [0.2, 0.25) is 5.88 Å². The number of halogens is 1. The third-order valence-electron chi connectivity index (χ3n) is 2.99. The molecule has 2 N–H and O–H groups in total. The first-order chi connectivity index (χ1) is 9.17. The van der Waals surface area contributed by atoms with Gasteiger partial charge < -0.3 is 15.0 Å². The molecule has 1 aromatic heterocycles. The third-order valence-corrected chi connectivity index (χ3v) is 2.99. The number of ether oxygens (including phenoxy) is 1. The highest BCUT2D eigenvalue weighted by Gasteiger charge is 2.19. The number of nitrogen functional groups attached to an aromatic ring is 1. The van der Waals surface area contributed by atoms with Gasteiger partial charge in [0.1, 0.15) is 11.6 Å². The normalized spacial score (nSPS) is 10.7. The van der Waals surface area contributed by atoms with Crippen molar-refractivity contribution in [1.82, 2.24) is 5.16 Å². The van der Waals surface area contributed by atoms with Crippen molar-refractivity contribution in [3.63, 3.8) is 0 Å². The topological polar surface area (TPSA) is 61.3 Å². The highest BCUT2D eigenvalue weighted by atomic mass is 19.1. The van der Waals surface area contributed by atoms with Crippen LogP contribution >= 0.6 is 0 Å². The Bertz CT molecular complexity index is 567. The average molecular weight is 264 g/mol. The van der Waals surface area contributed by atoms with Gasteiger partial charge in [0.25, 0.3) is 0 Å². The summed E-state index contributed by atoms with van der Waals surface area (Å²) in [6.07, 6.45) is 2.75. The van der Waals surface area contributed by atoms with Crippen LogP contribution in [0.25, 0.3) is 11.1 Å². The van der Waals surface area contributed by atoms with E-state index in [1.165, 1.54) is 19.2 Å². The first-order valence-corrected chi connectivity index (χ1v) is 6.25. The molecule has 0 spiro atoms. The summed E-state index contributed by atoms with van der Waals surface area (Å²) in [6, 6.07) is 4.30. The summed E-state index contributed by atoms with van der Waals surface area (Å²) in [5, 5.41) is 3.96. The van der Waals surface area contributed by atoms with Crippen LogP contribution in [0.2, 0.25) is 0 Å². The summed E-state index contributed by atoms with van der Waals surface area (Å²) in [5.74, 6) is 0.391. The van der Waals surface area contributed by atoms with Crippen molar-refractivity contribution in [1.29, 1.82) is 0 Å². The lowest BCUT2D eigenvalue weighted by atomic mass is 10.0. The zero-order chi connectivity index (χ0) is 13.8. The lowest BCUT2D eigenvalue weighted by Gasteiger charge is -2.08. The first-order valence-electron chi connectivity index (χ1n) is 6.25. The van der Waals surface area contributed by atoms with Gasteiger partial charge in [0.05, 0.1) is 18.4 Å². The maximum Gasteiger partial charge on any atom is 0.230 e. The molecular weight excluding hydrogens is 247 g/mol. The monoisotopic (exact) mass is 264 g/mol. The molecule has 102 valence electrons. The van der Waals surface area contributed by atoms with E-state index in [0.29, 0.717) is 16.9 Å². The van der Waals surface area contributed by atoms with E-state index in [-0.39, 0.29) is 11.7 Å². The molecule has 0 saturated heterocycles.